The summed E-state index contributed by atoms with van der Waals surface area (Å²) in [5.74, 6) is 0.549. The van der Waals surface area contributed by atoms with Gasteiger partial charge in [-0.2, -0.15) is 4.98 Å². The summed E-state index contributed by atoms with van der Waals surface area (Å²) in [7, 11) is 1.57. The zero-order valence-electron chi connectivity index (χ0n) is 20.2. The van der Waals surface area contributed by atoms with Gasteiger partial charge in [-0.15, -0.1) is 0 Å². The van der Waals surface area contributed by atoms with Crippen LogP contribution in [0.1, 0.15) is 28.9 Å². The number of methoxy groups -OCH3 is 1. The molecule has 10 nitrogen and oxygen atoms in total. The summed E-state index contributed by atoms with van der Waals surface area (Å²) in [5.41, 5.74) is 8.30. The summed E-state index contributed by atoms with van der Waals surface area (Å²) >= 11 is 7.48. The third-order valence-electron chi connectivity index (χ3n) is 6.29. The van der Waals surface area contributed by atoms with Crippen molar-refractivity contribution in [3.05, 3.63) is 52.9 Å². The molecule has 1 aliphatic rings. The second-order valence-corrected chi connectivity index (χ2v) is 10.1. The van der Waals surface area contributed by atoms with Gasteiger partial charge in [0, 0.05) is 47.0 Å². The second kappa shape index (κ2) is 10.3. The van der Waals surface area contributed by atoms with Crippen LogP contribution in [-0.2, 0) is 4.79 Å². The van der Waals surface area contributed by atoms with Gasteiger partial charge in [0.15, 0.2) is 15.6 Å². The van der Waals surface area contributed by atoms with Crippen molar-refractivity contribution in [1.82, 2.24) is 19.9 Å². The third kappa shape index (κ3) is 5.18. The fourth-order valence-electron chi connectivity index (χ4n) is 4.33. The van der Waals surface area contributed by atoms with E-state index in [-0.39, 0.29) is 17.7 Å². The average molecular weight is 538 g/mol. The highest BCUT2D eigenvalue weighted by Crippen LogP contribution is 2.35. The molecule has 0 spiro atoms. The van der Waals surface area contributed by atoms with Crippen molar-refractivity contribution in [3.63, 3.8) is 0 Å². The summed E-state index contributed by atoms with van der Waals surface area (Å²) in [6.45, 7) is 3.19. The number of ether oxygens (including phenoxy) is 1. The molecule has 190 valence electrons. The van der Waals surface area contributed by atoms with Gasteiger partial charge in [-0.25, -0.2) is 9.97 Å². The standard InChI is InChI=1S/C25H24ClN7O3S/c1-13-9-16(17-10-15(26)3-4-19(17)36-2)18(11-28-13)23(35)32-25-31-22-24(37-25)30-20(12-29-22)33-7-5-14(6-8-33)21(27)34/h3-4,9-12,14H,5-8H2,1-2H3,(H2,27,34)(H,29,31,32,35). The van der Waals surface area contributed by atoms with Gasteiger partial charge in [0.1, 0.15) is 11.6 Å². The Morgan fingerprint density at radius 3 is 2.65 bits per heavy atom. The maximum Gasteiger partial charge on any atom is 0.259 e. The molecule has 0 unspecified atom stereocenters. The SMILES string of the molecule is COc1ccc(Cl)cc1-c1cc(C)ncc1C(=O)Nc1nc2ncc(N3CCC(C(N)=O)CC3)nc2s1. The van der Waals surface area contributed by atoms with E-state index in [4.69, 9.17) is 22.1 Å². The van der Waals surface area contributed by atoms with Crippen LogP contribution >= 0.6 is 22.9 Å². The number of rotatable bonds is 6. The van der Waals surface area contributed by atoms with Crippen molar-refractivity contribution in [2.24, 2.45) is 11.7 Å². The molecule has 1 saturated heterocycles. The monoisotopic (exact) mass is 537 g/mol. The number of benzene rings is 1. The van der Waals surface area contributed by atoms with E-state index in [2.05, 4.69) is 30.2 Å². The smallest absolute Gasteiger partial charge is 0.259 e. The molecular formula is C25H24ClN7O3S. The molecule has 1 aromatic carbocycles. The molecule has 4 aromatic rings. The predicted molar refractivity (Wildman–Crippen MR) is 143 cm³/mol. The van der Waals surface area contributed by atoms with Crippen molar-refractivity contribution in [2.75, 3.05) is 30.4 Å². The maximum absolute atomic E-state index is 13.3. The highest BCUT2D eigenvalue weighted by Gasteiger charge is 2.25. The lowest BCUT2D eigenvalue weighted by atomic mass is 9.96. The van der Waals surface area contributed by atoms with Crippen molar-refractivity contribution in [1.29, 1.82) is 0 Å². The number of aromatic nitrogens is 4. The summed E-state index contributed by atoms with van der Waals surface area (Å²) in [5, 5.41) is 3.75. The third-order valence-corrected chi connectivity index (χ3v) is 7.38. The minimum Gasteiger partial charge on any atom is -0.496 e. The molecule has 4 heterocycles. The molecule has 1 aliphatic heterocycles. The van der Waals surface area contributed by atoms with Gasteiger partial charge >= 0.3 is 0 Å². The van der Waals surface area contributed by atoms with E-state index in [9.17, 15) is 9.59 Å². The van der Waals surface area contributed by atoms with Gasteiger partial charge in [-0.3, -0.25) is 19.9 Å². The summed E-state index contributed by atoms with van der Waals surface area (Å²) in [6, 6.07) is 7.06. The van der Waals surface area contributed by atoms with E-state index >= 15 is 0 Å². The number of nitrogens with one attached hydrogen (secondary N) is 1. The molecule has 37 heavy (non-hydrogen) atoms. The lowest BCUT2D eigenvalue weighted by Gasteiger charge is -2.31. The number of amides is 2. The molecule has 1 fully saturated rings. The van der Waals surface area contributed by atoms with E-state index < -0.39 is 0 Å². The Hall–Kier alpha value is -3.83. The van der Waals surface area contributed by atoms with Crippen LogP contribution in [0.2, 0.25) is 5.02 Å². The summed E-state index contributed by atoms with van der Waals surface area (Å²) in [4.78, 5) is 45.3. The first-order chi connectivity index (χ1) is 17.8. The quantitative estimate of drug-likeness (QED) is 0.375. The minimum absolute atomic E-state index is 0.105. The van der Waals surface area contributed by atoms with Crippen molar-refractivity contribution in [2.45, 2.75) is 19.8 Å². The van der Waals surface area contributed by atoms with Crippen LogP contribution in [0.25, 0.3) is 21.6 Å². The van der Waals surface area contributed by atoms with Crippen LogP contribution in [0.3, 0.4) is 0 Å². The van der Waals surface area contributed by atoms with Crippen LogP contribution < -0.4 is 20.7 Å². The normalized spacial score (nSPS) is 14.1. The number of piperidine rings is 1. The van der Waals surface area contributed by atoms with Gasteiger partial charge in [0.2, 0.25) is 5.91 Å². The molecule has 3 aromatic heterocycles. The average Bonchev–Trinajstić information content (AvgIpc) is 3.30. The van der Waals surface area contributed by atoms with E-state index in [1.165, 1.54) is 17.5 Å². The Morgan fingerprint density at radius 1 is 1.14 bits per heavy atom. The van der Waals surface area contributed by atoms with E-state index in [1.807, 2.05) is 13.0 Å². The first-order valence-corrected chi connectivity index (χ1v) is 12.8. The Balaban J connectivity index is 1.40. The first kappa shape index (κ1) is 24.8. The summed E-state index contributed by atoms with van der Waals surface area (Å²) in [6.07, 6.45) is 4.55. The highest BCUT2D eigenvalue weighted by molar-refractivity contribution is 7.21. The number of anilines is 2. The van der Waals surface area contributed by atoms with Gasteiger partial charge in [-0.1, -0.05) is 22.9 Å². The number of nitrogens with zero attached hydrogens (tertiary/aromatic N) is 5. The lowest BCUT2D eigenvalue weighted by molar-refractivity contribution is -0.122. The fraction of sp³-hybridized carbons (Fsp3) is 0.280. The topological polar surface area (TPSA) is 136 Å². The zero-order valence-corrected chi connectivity index (χ0v) is 21.8. The van der Waals surface area contributed by atoms with Crippen LogP contribution in [-0.4, -0.2) is 51.9 Å². The second-order valence-electron chi connectivity index (χ2n) is 8.71. The minimum atomic E-state index is -0.377. The maximum atomic E-state index is 13.3. The number of hydrogen-bond acceptors (Lipinski definition) is 9. The summed E-state index contributed by atoms with van der Waals surface area (Å²) < 4.78 is 5.50. The van der Waals surface area contributed by atoms with Crippen LogP contribution in [0.15, 0.2) is 36.7 Å². The zero-order chi connectivity index (χ0) is 26.1. The van der Waals surface area contributed by atoms with E-state index in [0.717, 1.165) is 5.69 Å². The van der Waals surface area contributed by atoms with Gasteiger partial charge in [0.25, 0.3) is 5.91 Å². The molecule has 3 N–H and O–H groups in total. The Morgan fingerprint density at radius 2 is 1.92 bits per heavy atom. The molecule has 0 radical (unpaired) electrons. The fourth-order valence-corrected chi connectivity index (χ4v) is 5.29. The number of primary amides is 1. The number of thiazole rings is 1. The molecular weight excluding hydrogens is 514 g/mol. The molecule has 5 rings (SSSR count). The van der Waals surface area contributed by atoms with Gasteiger partial charge < -0.3 is 15.4 Å². The Labute approximate surface area is 221 Å². The van der Waals surface area contributed by atoms with Gasteiger partial charge in [0.05, 0.1) is 18.9 Å². The first-order valence-electron chi connectivity index (χ1n) is 11.6. The largest absolute Gasteiger partial charge is 0.496 e. The number of nitrogens with two attached hydrogens (primary N) is 1. The van der Waals surface area contributed by atoms with Crippen molar-refractivity contribution < 1.29 is 14.3 Å². The lowest BCUT2D eigenvalue weighted by Crippen LogP contribution is -2.38. The molecule has 0 saturated carbocycles. The van der Waals surface area contributed by atoms with E-state index in [1.54, 1.807) is 31.5 Å². The number of halogens is 1. The van der Waals surface area contributed by atoms with Crippen LogP contribution in [0, 0.1) is 12.8 Å². The van der Waals surface area contributed by atoms with Crippen LogP contribution in [0.4, 0.5) is 10.9 Å². The number of carbonyl (C=O) groups is 2. The Kier molecular flexibility index (Phi) is 6.90. The number of pyridine rings is 1. The number of fused-ring (bicyclic) bond motifs is 1. The molecule has 2 amide bonds. The number of carbonyl (C=O) groups excluding carboxylic acids is 2. The Bertz CT molecular complexity index is 1500. The molecule has 0 bridgehead atoms. The number of aryl methyl sites for hydroxylation is 1. The molecule has 0 atom stereocenters. The molecule has 0 aliphatic carbocycles. The predicted octanol–water partition coefficient (Wildman–Crippen LogP) is 4.07. The molecule has 12 heteroatoms. The van der Waals surface area contributed by atoms with Crippen LogP contribution in [0.5, 0.6) is 5.75 Å². The van der Waals surface area contributed by atoms with Crippen molar-refractivity contribution in [3.8, 4) is 16.9 Å². The van der Waals surface area contributed by atoms with Crippen molar-refractivity contribution >= 4 is 56.2 Å². The number of hydrogen-bond donors (Lipinski definition) is 2. The highest BCUT2D eigenvalue weighted by atomic mass is 35.5. The van der Waals surface area contributed by atoms with Gasteiger partial charge in [-0.05, 0) is 44.0 Å². The van der Waals surface area contributed by atoms with E-state index in [0.29, 0.717) is 74.8 Å².